The lowest BCUT2D eigenvalue weighted by Gasteiger charge is -2.38. The van der Waals surface area contributed by atoms with Crippen LogP contribution in [0.1, 0.15) is 34.1 Å². The van der Waals surface area contributed by atoms with Crippen LogP contribution in [0.25, 0.3) is 0 Å². The van der Waals surface area contributed by atoms with Gasteiger partial charge in [-0.15, -0.1) is 0 Å². The van der Waals surface area contributed by atoms with Crippen LogP contribution in [0.15, 0.2) is 0 Å². The molecule has 0 amide bonds. The van der Waals surface area contributed by atoms with Crippen LogP contribution in [0.2, 0.25) is 18.1 Å². The van der Waals surface area contributed by atoms with Gasteiger partial charge >= 0.3 is 5.97 Å². The van der Waals surface area contributed by atoms with Crippen LogP contribution in [-0.2, 0) is 14.0 Å². The summed E-state index contributed by atoms with van der Waals surface area (Å²) in [6.07, 6.45) is 0.793. The summed E-state index contributed by atoms with van der Waals surface area (Å²) in [4.78, 5) is 11.7. The Morgan fingerprint density at radius 1 is 1.39 bits per heavy atom. The number of carbonyl (C=O) groups excluding carboxylic acids is 1. The second-order valence-corrected chi connectivity index (χ2v) is 11.7. The highest BCUT2D eigenvalue weighted by Gasteiger charge is 2.46. The van der Waals surface area contributed by atoms with E-state index in [0.717, 1.165) is 6.54 Å². The summed E-state index contributed by atoms with van der Waals surface area (Å²) in [6, 6.07) is 0. The van der Waals surface area contributed by atoms with Gasteiger partial charge in [-0.1, -0.05) is 20.8 Å². The summed E-state index contributed by atoms with van der Waals surface area (Å²) in [5, 5.41) is 3.42. The average Bonchev–Trinajstić information content (AvgIpc) is 2.58. The third-order valence-corrected chi connectivity index (χ3v) is 8.79. The summed E-state index contributed by atoms with van der Waals surface area (Å²) in [6.45, 7) is 13.7. The maximum atomic E-state index is 11.7. The minimum Gasteiger partial charge on any atom is -0.468 e. The molecule has 2 atom stereocenters. The van der Waals surface area contributed by atoms with Crippen molar-refractivity contribution in [2.75, 3.05) is 13.7 Å². The minimum absolute atomic E-state index is 0.106. The Bertz CT molecular complexity index is 325. The molecule has 1 fully saturated rings. The van der Waals surface area contributed by atoms with Crippen molar-refractivity contribution in [2.45, 2.75) is 63.9 Å². The van der Waals surface area contributed by atoms with Crippen molar-refractivity contribution in [1.82, 2.24) is 5.32 Å². The van der Waals surface area contributed by atoms with Crippen molar-refractivity contribution in [3.8, 4) is 0 Å². The van der Waals surface area contributed by atoms with Crippen LogP contribution in [0.3, 0.4) is 0 Å². The molecule has 1 unspecified atom stereocenters. The first-order chi connectivity index (χ1) is 8.02. The van der Waals surface area contributed by atoms with Crippen LogP contribution >= 0.6 is 0 Å². The maximum Gasteiger partial charge on any atom is 0.325 e. The molecule has 1 saturated heterocycles. The molecule has 1 aliphatic rings. The number of methoxy groups -OCH3 is 1. The summed E-state index contributed by atoms with van der Waals surface area (Å²) in [7, 11) is -0.342. The van der Waals surface area contributed by atoms with Crippen LogP contribution in [0.5, 0.6) is 0 Å². The third-order valence-electron chi connectivity index (χ3n) is 4.26. The smallest absolute Gasteiger partial charge is 0.325 e. The van der Waals surface area contributed by atoms with Gasteiger partial charge in [-0.05, 0) is 25.1 Å². The van der Waals surface area contributed by atoms with E-state index in [2.05, 4.69) is 39.2 Å². The van der Waals surface area contributed by atoms with E-state index >= 15 is 0 Å². The summed E-state index contributed by atoms with van der Waals surface area (Å²) in [5.41, 5.74) is -0.595. The number of nitrogens with one attached hydrogen (secondary N) is 1. The number of esters is 1. The molecule has 0 aromatic rings. The molecular weight excluding hydrogens is 246 g/mol. The Morgan fingerprint density at radius 2 is 1.94 bits per heavy atom. The summed E-state index contributed by atoms with van der Waals surface area (Å²) >= 11 is 0. The van der Waals surface area contributed by atoms with Gasteiger partial charge in [-0.25, -0.2) is 0 Å². The molecule has 0 aliphatic carbocycles. The van der Waals surface area contributed by atoms with E-state index in [-0.39, 0.29) is 17.1 Å². The van der Waals surface area contributed by atoms with Crippen LogP contribution in [0.4, 0.5) is 0 Å². The SMILES string of the molecule is COC(=O)C1(C)C[C@H](O[Si](C)(C)C(C)(C)C)CN1. The highest BCUT2D eigenvalue weighted by molar-refractivity contribution is 6.74. The largest absolute Gasteiger partial charge is 0.468 e. The first-order valence-electron chi connectivity index (χ1n) is 6.53. The van der Waals surface area contributed by atoms with E-state index in [9.17, 15) is 4.79 Å². The van der Waals surface area contributed by atoms with E-state index in [1.54, 1.807) is 0 Å². The van der Waals surface area contributed by atoms with Gasteiger partial charge in [-0.2, -0.15) is 0 Å². The molecule has 5 heteroatoms. The lowest BCUT2D eigenvalue weighted by atomic mass is 10.00. The normalized spacial score (nSPS) is 29.4. The van der Waals surface area contributed by atoms with Crippen molar-refractivity contribution in [2.24, 2.45) is 0 Å². The Morgan fingerprint density at radius 3 is 2.39 bits per heavy atom. The number of rotatable bonds is 3. The van der Waals surface area contributed by atoms with Gasteiger partial charge in [0.25, 0.3) is 0 Å². The molecular formula is C13H27NO3Si. The highest BCUT2D eigenvalue weighted by atomic mass is 28.4. The summed E-state index contributed by atoms with van der Waals surface area (Å²) in [5.74, 6) is -0.205. The molecule has 1 aliphatic heterocycles. The highest BCUT2D eigenvalue weighted by Crippen LogP contribution is 2.38. The van der Waals surface area contributed by atoms with E-state index < -0.39 is 13.9 Å². The zero-order chi connectivity index (χ0) is 14.2. The molecule has 0 spiro atoms. The van der Waals surface area contributed by atoms with Crippen molar-refractivity contribution in [1.29, 1.82) is 0 Å². The second-order valence-electron chi connectivity index (χ2n) is 6.91. The van der Waals surface area contributed by atoms with Crippen molar-refractivity contribution in [3.63, 3.8) is 0 Å². The molecule has 0 aromatic carbocycles. The first-order valence-corrected chi connectivity index (χ1v) is 9.44. The van der Waals surface area contributed by atoms with Crippen molar-refractivity contribution < 1.29 is 14.0 Å². The predicted octanol–water partition coefficient (Wildman–Crippen LogP) is 2.30. The van der Waals surface area contributed by atoms with Crippen LogP contribution in [-0.4, -0.2) is 39.6 Å². The van der Waals surface area contributed by atoms with E-state index in [1.807, 2.05) is 6.92 Å². The van der Waals surface area contributed by atoms with E-state index in [0.29, 0.717) is 6.42 Å². The number of hydrogen-bond acceptors (Lipinski definition) is 4. The van der Waals surface area contributed by atoms with Gasteiger partial charge in [-0.3, -0.25) is 10.1 Å². The average molecular weight is 273 g/mol. The van der Waals surface area contributed by atoms with E-state index in [4.69, 9.17) is 9.16 Å². The third kappa shape index (κ3) is 3.13. The van der Waals surface area contributed by atoms with Gasteiger partial charge in [0.05, 0.1) is 13.2 Å². The molecule has 4 nitrogen and oxygen atoms in total. The quantitative estimate of drug-likeness (QED) is 0.633. The zero-order valence-corrected chi connectivity index (χ0v) is 13.7. The lowest BCUT2D eigenvalue weighted by molar-refractivity contribution is -0.147. The van der Waals surface area contributed by atoms with Crippen LogP contribution < -0.4 is 5.32 Å². The lowest BCUT2D eigenvalue weighted by Crippen LogP contribution is -2.45. The molecule has 0 aromatic heterocycles. The Hall–Kier alpha value is -0.393. The van der Waals surface area contributed by atoms with Gasteiger partial charge in [0.2, 0.25) is 0 Å². The van der Waals surface area contributed by atoms with Crippen molar-refractivity contribution >= 4 is 14.3 Å². The Balaban J connectivity index is 2.67. The minimum atomic E-state index is -1.77. The fraction of sp³-hybridized carbons (Fsp3) is 0.923. The molecule has 1 rings (SSSR count). The molecule has 18 heavy (non-hydrogen) atoms. The fourth-order valence-corrected chi connectivity index (χ4v) is 3.35. The number of hydrogen-bond donors (Lipinski definition) is 1. The molecule has 0 bridgehead atoms. The van der Waals surface area contributed by atoms with Gasteiger partial charge < -0.3 is 9.16 Å². The first kappa shape index (κ1) is 15.7. The molecule has 1 heterocycles. The Labute approximate surface area is 112 Å². The van der Waals surface area contributed by atoms with Crippen LogP contribution in [0, 0.1) is 0 Å². The van der Waals surface area contributed by atoms with Gasteiger partial charge in [0, 0.05) is 13.0 Å². The molecule has 0 radical (unpaired) electrons. The monoisotopic (exact) mass is 273 g/mol. The fourth-order valence-electron chi connectivity index (χ4n) is 2.00. The summed E-state index contributed by atoms with van der Waals surface area (Å²) < 4.78 is 11.2. The standard InChI is InChI=1S/C13H27NO3Si/c1-12(2,3)18(6,7)17-10-8-13(4,14-9-10)11(15)16-5/h10,14H,8-9H2,1-7H3/t10-,13?/m0/s1. The predicted molar refractivity (Wildman–Crippen MR) is 75.1 cm³/mol. The van der Waals surface area contributed by atoms with Crippen molar-refractivity contribution in [3.05, 3.63) is 0 Å². The zero-order valence-electron chi connectivity index (χ0n) is 12.7. The molecule has 0 saturated carbocycles. The topological polar surface area (TPSA) is 47.6 Å². The van der Waals surface area contributed by atoms with E-state index in [1.165, 1.54) is 7.11 Å². The molecule has 1 N–H and O–H groups in total. The van der Waals surface area contributed by atoms with Gasteiger partial charge in [0.15, 0.2) is 8.32 Å². The number of carbonyl (C=O) groups is 1. The van der Waals surface area contributed by atoms with Gasteiger partial charge in [0.1, 0.15) is 5.54 Å². The molecule has 106 valence electrons. The number of ether oxygens (including phenoxy) is 1. The second kappa shape index (κ2) is 4.94. The Kier molecular flexibility index (Phi) is 4.30. The maximum absolute atomic E-state index is 11.7.